The molecule has 30 heavy (non-hydrogen) atoms. The summed E-state index contributed by atoms with van der Waals surface area (Å²) in [4.78, 5) is 26.6. The molecule has 0 aromatic heterocycles. The van der Waals surface area contributed by atoms with Crippen LogP contribution in [0.5, 0.6) is 0 Å². The monoisotopic (exact) mass is 446 g/mol. The Labute approximate surface area is 185 Å². The molecular formula is C23H24Cl2N2O3. The number of amides is 2. The number of carbonyl (C=O) groups is 2. The van der Waals surface area contributed by atoms with E-state index in [1.165, 1.54) is 0 Å². The van der Waals surface area contributed by atoms with Crippen LogP contribution in [0.3, 0.4) is 0 Å². The summed E-state index contributed by atoms with van der Waals surface area (Å²) >= 11 is 12.5. The van der Waals surface area contributed by atoms with Gasteiger partial charge in [-0.25, -0.2) is 0 Å². The molecule has 2 aromatic rings. The predicted molar refractivity (Wildman–Crippen MR) is 118 cm³/mol. The zero-order valence-corrected chi connectivity index (χ0v) is 18.3. The Morgan fingerprint density at radius 2 is 1.80 bits per heavy atom. The van der Waals surface area contributed by atoms with E-state index in [4.69, 9.17) is 23.2 Å². The molecule has 0 saturated carbocycles. The summed E-state index contributed by atoms with van der Waals surface area (Å²) in [7, 11) is 0. The van der Waals surface area contributed by atoms with Gasteiger partial charge in [0.1, 0.15) is 5.41 Å². The fourth-order valence-corrected chi connectivity index (χ4v) is 5.53. The first-order chi connectivity index (χ1) is 14.3. The van der Waals surface area contributed by atoms with Crippen molar-refractivity contribution in [3.8, 4) is 0 Å². The van der Waals surface area contributed by atoms with Crippen LogP contribution in [0.4, 0.5) is 5.69 Å². The first-order valence-electron chi connectivity index (χ1n) is 10.1. The van der Waals surface area contributed by atoms with Gasteiger partial charge in [0, 0.05) is 28.1 Å². The van der Waals surface area contributed by atoms with Crippen molar-refractivity contribution in [2.45, 2.75) is 56.1 Å². The second-order valence-corrected chi connectivity index (χ2v) is 9.01. The van der Waals surface area contributed by atoms with Crippen LogP contribution in [0, 0.1) is 0 Å². The normalized spacial score (nSPS) is 25.8. The molecule has 5 nitrogen and oxygen atoms in total. The molecule has 2 aromatic carbocycles. The van der Waals surface area contributed by atoms with Crippen molar-refractivity contribution in [1.82, 2.24) is 5.32 Å². The second-order valence-electron chi connectivity index (χ2n) is 8.14. The van der Waals surface area contributed by atoms with Gasteiger partial charge in [-0.3, -0.25) is 9.59 Å². The number of fused-ring (bicyclic) bond motifs is 2. The number of benzene rings is 2. The van der Waals surface area contributed by atoms with Crippen LogP contribution in [0.1, 0.15) is 50.2 Å². The van der Waals surface area contributed by atoms with Gasteiger partial charge in [0.15, 0.2) is 0 Å². The lowest BCUT2D eigenvalue weighted by atomic mass is 9.56. The molecule has 2 aliphatic heterocycles. The molecule has 1 spiro atoms. The van der Waals surface area contributed by atoms with Gasteiger partial charge < -0.3 is 15.7 Å². The number of hydrogen-bond donors (Lipinski definition) is 3. The minimum Gasteiger partial charge on any atom is -0.388 e. The first kappa shape index (κ1) is 21.2. The quantitative estimate of drug-likeness (QED) is 0.650. The average molecular weight is 447 g/mol. The number of anilines is 1. The predicted octanol–water partition coefficient (Wildman–Crippen LogP) is 4.41. The summed E-state index contributed by atoms with van der Waals surface area (Å²) in [6.07, 6.45) is 0.874. The van der Waals surface area contributed by atoms with E-state index in [1.807, 2.05) is 32.0 Å². The molecule has 0 radical (unpaired) electrons. The Morgan fingerprint density at radius 3 is 2.47 bits per heavy atom. The van der Waals surface area contributed by atoms with Gasteiger partial charge in [0.05, 0.1) is 11.6 Å². The fourth-order valence-electron chi connectivity index (χ4n) is 5.16. The van der Waals surface area contributed by atoms with Crippen molar-refractivity contribution >= 4 is 40.7 Å². The van der Waals surface area contributed by atoms with E-state index >= 15 is 0 Å². The van der Waals surface area contributed by atoms with Gasteiger partial charge in [-0.2, -0.15) is 0 Å². The number of nitrogens with one attached hydrogen (secondary N) is 2. The molecule has 4 rings (SSSR count). The maximum absolute atomic E-state index is 13.7. The molecule has 2 amide bonds. The number of hydrogen-bond acceptors (Lipinski definition) is 3. The maximum atomic E-state index is 13.7. The minimum atomic E-state index is -1.27. The van der Waals surface area contributed by atoms with Crippen LogP contribution in [0.2, 0.25) is 10.0 Å². The van der Waals surface area contributed by atoms with Crippen LogP contribution in [0.15, 0.2) is 42.5 Å². The summed E-state index contributed by atoms with van der Waals surface area (Å²) in [5.41, 5.74) is -0.345. The average Bonchev–Trinajstić information content (AvgIpc) is 3.00. The third-order valence-corrected chi connectivity index (χ3v) is 7.23. The number of halogens is 2. The van der Waals surface area contributed by atoms with Gasteiger partial charge >= 0.3 is 0 Å². The maximum Gasteiger partial charge on any atom is 0.237 e. The molecule has 7 heteroatoms. The van der Waals surface area contributed by atoms with Crippen molar-refractivity contribution in [2.24, 2.45) is 0 Å². The molecule has 158 valence electrons. The van der Waals surface area contributed by atoms with Crippen molar-refractivity contribution in [3.63, 3.8) is 0 Å². The summed E-state index contributed by atoms with van der Waals surface area (Å²) in [5, 5.41) is 18.5. The Morgan fingerprint density at radius 1 is 1.10 bits per heavy atom. The Bertz CT molecular complexity index is 1020. The molecule has 0 bridgehead atoms. The van der Waals surface area contributed by atoms with Crippen molar-refractivity contribution in [1.29, 1.82) is 0 Å². The van der Waals surface area contributed by atoms with E-state index in [9.17, 15) is 14.7 Å². The van der Waals surface area contributed by atoms with E-state index in [0.29, 0.717) is 28.6 Å². The zero-order chi connectivity index (χ0) is 21.7. The largest absolute Gasteiger partial charge is 0.388 e. The molecule has 2 heterocycles. The standard InChI is InChI=1S/C23H24Cl2N2O3/c1-3-22(30,4-2)20-23(16-9-8-15(25)11-18(16)26-21(23)29)17(12-19(28)27-20)13-6-5-7-14(24)10-13/h5-11,17,20,30H,3-4,12H2,1-2H3,(H,26,29)(H,27,28). The van der Waals surface area contributed by atoms with Crippen molar-refractivity contribution < 1.29 is 14.7 Å². The van der Waals surface area contributed by atoms with Gasteiger partial charge in [-0.05, 0) is 48.2 Å². The van der Waals surface area contributed by atoms with E-state index in [-0.39, 0.29) is 18.2 Å². The van der Waals surface area contributed by atoms with Gasteiger partial charge in [0.2, 0.25) is 11.8 Å². The summed E-state index contributed by atoms with van der Waals surface area (Å²) in [6, 6.07) is 11.7. The minimum absolute atomic E-state index is 0.107. The Kier molecular flexibility index (Phi) is 5.33. The summed E-state index contributed by atoms with van der Waals surface area (Å²) in [5.74, 6) is -0.955. The van der Waals surface area contributed by atoms with E-state index < -0.39 is 23.0 Å². The smallest absolute Gasteiger partial charge is 0.237 e. The van der Waals surface area contributed by atoms with E-state index in [1.54, 1.807) is 24.3 Å². The molecule has 1 fully saturated rings. The lowest BCUT2D eigenvalue weighted by Crippen LogP contribution is -2.70. The third kappa shape index (κ3) is 3.03. The summed E-state index contributed by atoms with van der Waals surface area (Å²) < 4.78 is 0. The van der Waals surface area contributed by atoms with Gasteiger partial charge in [-0.1, -0.05) is 55.2 Å². The number of aliphatic hydroxyl groups is 1. The molecule has 0 aliphatic carbocycles. The number of rotatable bonds is 4. The van der Waals surface area contributed by atoms with Crippen molar-refractivity contribution in [3.05, 3.63) is 63.6 Å². The number of carbonyl (C=O) groups excluding carboxylic acids is 2. The molecule has 3 unspecified atom stereocenters. The van der Waals surface area contributed by atoms with E-state index in [0.717, 1.165) is 11.1 Å². The van der Waals surface area contributed by atoms with Gasteiger partial charge in [-0.15, -0.1) is 0 Å². The zero-order valence-electron chi connectivity index (χ0n) is 16.8. The fraction of sp³-hybridized carbons (Fsp3) is 0.391. The van der Waals surface area contributed by atoms with Gasteiger partial charge in [0.25, 0.3) is 0 Å². The van der Waals surface area contributed by atoms with Crippen LogP contribution in [-0.2, 0) is 15.0 Å². The second kappa shape index (κ2) is 7.56. The van der Waals surface area contributed by atoms with Crippen LogP contribution >= 0.6 is 23.2 Å². The number of piperidine rings is 1. The lowest BCUT2D eigenvalue weighted by Gasteiger charge is -2.52. The molecule has 2 aliphatic rings. The highest BCUT2D eigenvalue weighted by molar-refractivity contribution is 6.31. The van der Waals surface area contributed by atoms with Crippen LogP contribution < -0.4 is 10.6 Å². The highest BCUT2D eigenvalue weighted by atomic mass is 35.5. The van der Waals surface area contributed by atoms with E-state index in [2.05, 4.69) is 10.6 Å². The molecule has 3 atom stereocenters. The Balaban J connectivity index is 2.03. The highest BCUT2D eigenvalue weighted by Gasteiger charge is 2.64. The van der Waals surface area contributed by atoms with Crippen molar-refractivity contribution in [2.75, 3.05) is 5.32 Å². The molecular weight excluding hydrogens is 423 g/mol. The third-order valence-electron chi connectivity index (χ3n) is 6.76. The first-order valence-corrected chi connectivity index (χ1v) is 10.9. The topological polar surface area (TPSA) is 78.4 Å². The lowest BCUT2D eigenvalue weighted by molar-refractivity contribution is -0.140. The van der Waals surface area contributed by atoms with Crippen LogP contribution in [-0.4, -0.2) is 28.6 Å². The van der Waals surface area contributed by atoms with Crippen LogP contribution in [0.25, 0.3) is 0 Å². The molecule has 1 saturated heterocycles. The molecule has 3 N–H and O–H groups in total. The summed E-state index contributed by atoms with van der Waals surface area (Å²) in [6.45, 7) is 3.73. The Hall–Kier alpha value is -2.08. The SMILES string of the molecule is CCC(O)(CC)C1NC(=O)CC(c2cccc(Cl)c2)C12C(=O)Nc1cc(Cl)ccc12. The highest BCUT2D eigenvalue weighted by Crippen LogP contribution is 2.55.